The number of carbonyl (C=O) groups excluding carboxylic acids is 3. The average Bonchev–Trinajstić information content (AvgIpc) is 3.29. The maximum absolute atomic E-state index is 13.3. The molecule has 1 aliphatic heterocycles. The molecule has 6 nitrogen and oxygen atoms in total. The van der Waals surface area contributed by atoms with Crippen molar-refractivity contribution in [1.29, 1.82) is 0 Å². The normalized spacial score (nSPS) is 19.5. The molecule has 1 unspecified atom stereocenters. The van der Waals surface area contributed by atoms with Crippen molar-refractivity contribution in [3.8, 4) is 11.1 Å². The fourth-order valence-corrected chi connectivity index (χ4v) is 4.37. The van der Waals surface area contributed by atoms with Crippen LogP contribution in [0, 0.1) is 5.92 Å². The minimum absolute atomic E-state index is 0.0182. The average molecular weight is 405 g/mol. The molecular formula is C24H27N3O3. The highest BCUT2D eigenvalue weighted by Gasteiger charge is 2.33. The molecule has 0 spiro atoms. The summed E-state index contributed by atoms with van der Waals surface area (Å²) in [6, 6.07) is 14.6. The van der Waals surface area contributed by atoms with Crippen molar-refractivity contribution in [3.63, 3.8) is 0 Å². The van der Waals surface area contributed by atoms with E-state index in [1.54, 1.807) is 6.92 Å². The van der Waals surface area contributed by atoms with E-state index in [1.165, 1.54) is 5.01 Å². The molecule has 30 heavy (non-hydrogen) atoms. The van der Waals surface area contributed by atoms with Crippen molar-refractivity contribution in [2.75, 3.05) is 5.01 Å². The second kappa shape index (κ2) is 8.30. The van der Waals surface area contributed by atoms with Gasteiger partial charge in [-0.05, 0) is 43.9 Å². The number of anilines is 1. The van der Waals surface area contributed by atoms with Gasteiger partial charge in [0, 0.05) is 11.5 Å². The standard InChI is InChI=1S/C24H27N3O3/c1-15-18-11-5-6-12-19(18)20-13-7-8-14-21(20)27(24(15)30)26-22(28)16(2)25-23(29)17-9-3-4-10-17/h5-8,11-17H,3-4,9-10H2,1-2H3,(H,25,29)(H,26,28)/t15?,16-/m0/s1. The van der Waals surface area contributed by atoms with Gasteiger partial charge in [0.15, 0.2) is 0 Å². The van der Waals surface area contributed by atoms with Crippen LogP contribution in [0.2, 0.25) is 0 Å². The SMILES string of the molecule is CC1C(=O)N(NC(=O)[C@H](C)NC(=O)C2CCCC2)c2ccccc2-c2ccccc21. The van der Waals surface area contributed by atoms with Crippen molar-refractivity contribution in [1.82, 2.24) is 10.7 Å². The van der Waals surface area contributed by atoms with Gasteiger partial charge in [-0.15, -0.1) is 0 Å². The van der Waals surface area contributed by atoms with Crippen molar-refractivity contribution in [3.05, 3.63) is 54.1 Å². The Morgan fingerprint density at radius 3 is 2.37 bits per heavy atom. The molecule has 0 saturated heterocycles. The minimum atomic E-state index is -0.737. The molecule has 1 aliphatic carbocycles. The maximum Gasteiger partial charge on any atom is 0.261 e. The third kappa shape index (κ3) is 3.70. The van der Waals surface area contributed by atoms with Gasteiger partial charge in [-0.25, -0.2) is 5.01 Å². The Morgan fingerprint density at radius 1 is 1.00 bits per heavy atom. The Kier molecular flexibility index (Phi) is 5.57. The zero-order valence-corrected chi connectivity index (χ0v) is 17.4. The summed E-state index contributed by atoms with van der Waals surface area (Å²) in [6.45, 7) is 3.49. The van der Waals surface area contributed by atoms with Crippen molar-refractivity contribution in [2.24, 2.45) is 5.92 Å². The lowest BCUT2D eigenvalue weighted by Crippen LogP contribution is -2.54. The Labute approximate surface area is 176 Å². The molecule has 6 heteroatoms. The molecule has 2 N–H and O–H groups in total. The van der Waals surface area contributed by atoms with Gasteiger partial charge in [-0.1, -0.05) is 55.3 Å². The highest BCUT2D eigenvalue weighted by molar-refractivity contribution is 6.06. The first-order valence-corrected chi connectivity index (χ1v) is 10.6. The molecule has 1 saturated carbocycles. The molecule has 0 radical (unpaired) electrons. The Bertz CT molecular complexity index is 981. The molecule has 2 aromatic rings. The van der Waals surface area contributed by atoms with Crippen LogP contribution < -0.4 is 15.8 Å². The monoisotopic (exact) mass is 405 g/mol. The van der Waals surface area contributed by atoms with Gasteiger partial charge in [-0.3, -0.25) is 19.8 Å². The quantitative estimate of drug-likeness (QED) is 0.817. The number of carbonyl (C=O) groups is 3. The predicted molar refractivity (Wildman–Crippen MR) is 115 cm³/mol. The topological polar surface area (TPSA) is 78.5 Å². The van der Waals surface area contributed by atoms with E-state index in [-0.39, 0.29) is 17.7 Å². The van der Waals surface area contributed by atoms with Crippen LogP contribution in [0.25, 0.3) is 11.1 Å². The number of rotatable bonds is 4. The van der Waals surface area contributed by atoms with Gasteiger partial charge < -0.3 is 5.32 Å². The number of nitrogens with zero attached hydrogens (tertiary/aromatic N) is 1. The van der Waals surface area contributed by atoms with E-state index >= 15 is 0 Å². The summed E-state index contributed by atoms with van der Waals surface area (Å²) < 4.78 is 0. The van der Waals surface area contributed by atoms with Crippen molar-refractivity contribution < 1.29 is 14.4 Å². The summed E-state index contributed by atoms with van der Waals surface area (Å²) in [6.07, 6.45) is 3.84. The predicted octanol–water partition coefficient (Wildman–Crippen LogP) is 3.53. The van der Waals surface area contributed by atoms with Crippen LogP contribution in [0.4, 0.5) is 5.69 Å². The van der Waals surface area contributed by atoms with E-state index in [4.69, 9.17) is 0 Å². The third-order valence-electron chi connectivity index (χ3n) is 6.15. The van der Waals surface area contributed by atoms with Crippen LogP contribution in [0.15, 0.2) is 48.5 Å². The lowest BCUT2D eigenvalue weighted by Gasteiger charge is -2.27. The Hall–Kier alpha value is -3.15. The number of nitrogens with one attached hydrogen (secondary N) is 2. The zero-order valence-electron chi connectivity index (χ0n) is 17.4. The van der Waals surface area contributed by atoms with E-state index in [0.29, 0.717) is 5.69 Å². The second-order valence-corrected chi connectivity index (χ2v) is 8.19. The van der Waals surface area contributed by atoms with Gasteiger partial charge in [0.1, 0.15) is 6.04 Å². The molecule has 2 aliphatic rings. The lowest BCUT2D eigenvalue weighted by atomic mass is 9.92. The summed E-state index contributed by atoms with van der Waals surface area (Å²) in [5, 5.41) is 4.14. The van der Waals surface area contributed by atoms with Crippen LogP contribution >= 0.6 is 0 Å². The fourth-order valence-electron chi connectivity index (χ4n) is 4.37. The minimum Gasteiger partial charge on any atom is -0.344 e. The largest absolute Gasteiger partial charge is 0.344 e. The lowest BCUT2D eigenvalue weighted by molar-refractivity contribution is -0.131. The van der Waals surface area contributed by atoms with Gasteiger partial charge in [0.2, 0.25) is 5.91 Å². The van der Waals surface area contributed by atoms with Gasteiger partial charge >= 0.3 is 0 Å². The Morgan fingerprint density at radius 2 is 1.63 bits per heavy atom. The summed E-state index contributed by atoms with van der Waals surface area (Å²) >= 11 is 0. The van der Waals surface area contributed by atoms with Crippen LogP contribution in [-0.4, -0.2) is 23.8 Å². The molecular weight excluding hydrogens is 378 g/mol. The first kappa shape index (κ1) is 20.1. The summed E-state index contributed by atoms with van der Waals surface area (Å²) in [5.41, 5.74) is 6.17. The molecule has 1 heterocycles. The highest BCUT2D eigenvalue weighted by Crippen LogP contribution is 2.39. The molecule has 4 rings (SSSR count). The summed E-state index contributed by atoms with van der Waals surface area (Å²) in [4.78, 5) is 38.6. The fraction of sp³-hybridized carbons (Fsp3) is 0.375. The van der Waals surface area contributed by atoms with E-state index in [0.717, 1.165) is 42.4 Å². The molecule has 0 aromatic heterocycles. The third-order valence-corrected chi connectivity index (χ3v) is 6.15. The molecule has 156 valence electrons. The van der Waals surface area contributed by atoms with Crippen LogP contribution in [0.1, 0.15) is 51.0 Å². The first-order valence-electron chi connectivity index (χ1n) is 10.6. The van der Waals surface area contributed by atoms with Crippen LogP contribution in [0.5, 0.6) is 0 Å². The van der Waals surface area contributed by atoms with Crippen molar-refractivity contribution in [2.45, 2.75) is 51.5 Å². The summed E-state index contributed by atoms with van der Waals surface area (Å²) in [7, 11) is 0. The molecule has 0 bridgehead atoms. The van der Waals surface area contributed by atoms with Crippen LogP contribution in [-0.2, 0) is 14.4 Å². The zero-order chi connectivity index (χ0) is 21.3. The van der Waals surface area contributed by atoms with Gasteiger partial charge in [0.05, 0.1) is 11.6 Å². The number of hydrogen-bond acceptors (Lipinski definition) is 3. The molecule has 2 atom stereocenters. The number of hydrogen-bond donors (Lipinski definition) is 2. The first-order chi connectivity index (χ1) is 14.5. The second-order valence-electron chi connectivity index (χ2n) is 8.19. The number of para-hydroxylation sites is 1. The van der Waals surface area contributed by atoms with E-state index in [1.807, 2.05) is 55.5 Å². The molecule has 2 aromatic carbocycles. The van der Waals surface area contributed by atoms with E-state index in [2.05, 4.69) is 10.7 Å². The van der Waals surface area contributed by atoms with Crippen molar-refractivity contribution >= 4 is 23.4 Å². The maximum atomic E-state index is 13.3. The van der Waals surface area contributed by atoms with Gasteiger partial charge in [-0.2, -0.15) is 0 Å². The van der Waals surface area contributed by atoms with Gasteiger partial charge in [0.25, 0.3) is 11.8 Å². The number of fused-ring (bicyclic) bond motifs is 3. The Balaban J connectivity index is 1.58. The highest BCUT2D eigenvalue weighted by atomic mass is 16.2. The number of benzene rings is 2. The molecule has 3 amide bonds. The number of hydrazine groups is 1. The number of amides is 3. The smallest absolute Gasteiger partial charge is 0.261 e. The molecule has 1 fully saturated rings. The van der Waals surface area contributed by atoms with E-state index < -0.39 is 17.9 Å². The van der Waals surface area contributed by atoms with E-state index in [9.17, 15) is 14.4 Å². The van der Waals surface area contributed by atoms with Crippen LogP contribution in [0.3, 0.4) is 0 Å². The summed E-state index contributed by atoms with van der Waals surface area (Å²) in [5.74, 6) is -1.15.